The van der Waals surface area contributed by atoms with Gasteiger partial charge in [-0.2, -0.15) is 0 Å². The molecule has 0 spiro atoms. The second-order valence-corrected chi connectivity index (χ2v) is 7.08. The Kier molecular flexibility index (Phi) is 4.08. The molecule has 0 radical (unpaired) electrons. The molecule has 2 heterocycles. The summed E-state index contributed by atoms with van der Waals surface area (Å²) in [6.45, 7) is 1.22. The molecule has 26 heavy (non-hydrogen) atoms. The van der Waals surface area contributed by atoms with Gasteiger partial charge >= 0.3 is 0 Å². The highest BCUT2D eigenvalue weighted by Crippen LogP contribution is 2.30. The molecule has 2 fully saturated rings. The summed E-state index contributed by atoms with van der Waals surface area (Å²) in [5.74, 6) is -1.47. The van der Waals surface area contributed by atoms with E-state index in [-0.39, 0.29) is 24.8 Å². The van der Waals surface area contributed by atoms with Gasteiger partial charge in [0, 0.05) is 19.0 Å². The molecular weight excluding hydrogens is 336 g/mol. The molecule has 1 aromatic rings. The number of amides is 4. The van der Waals surface area contributed by atoms with Crippen LogP contribution in [-0.2, 0) is 16.1 Å². The lowest BCUT2D eigenvalue weighted by molar-refractivity contribution is -0.136. The maximum absolute atomic E-state index is 12.9. The molecule has 8 heteroatoms. The molecule has 1 aliphatic carbocycles. The smallest absolute Gasteiger partial charge is 0.262 e. The van der Waals surface area contributed by atoms with E-state index < -0.39 is 23.8 Å². The Hall–Kier alpha value is -2.58. The van der Waals surface area contributed by atoms with E-state index in [1.165, 1.54) is 0 Å². The highest BCUT2D eigenvalue weighted by Gasteiger charge is 2.45. The van der Waals surface area contributed by atoms with E-state index in [0.29, 0.717) is 23.6 Å². The number of nitrogens with one attached hydrogen (secondary N) is 2. The van der Waals surface area contributed by atoms with Crippen molar-refractivity contribution in [3.05, 3.63) is 34.9 Å². The zero-order chi connectivity index (χ0) is 18.4. The third-order valence-corrected chi connectivity index (χ3v) is 5.25. The summed E-state index contributed by atoms with van der Waals surface area (Å²) >= 11 is 0. The molecule has 3 atom stereocenters. The average molecular weight is 356 g/mol. The maximum atomic E-state index is 12.9. The van der Waals surface area contributed by atoms with E-state index in [1.807, 2.05) is 0 Å². The third-order valence-electron chi connectivity index (χ3n) is 5.25. The summed E-state index contributed by atoms with van der Waals surface area (Å²) in [7, 11) is 0. The fourth-order valence-corrected chi connectivity index (χ4v) is 3.63. The Morgan fingerprint density at radius 3 is 2.65 bits per heavy atom. The van der Waals surface area contributed by atoms with Crippen molar-refractivity contribution in [2.24, 2.45) is 11.7 Å². The molecule has 1 saturated carbocycles. The molecule has 0 aromatic heterocycles. The third kappa shape index (κ3) is 2.81. The average Bonchev–Trinajstić information content (AvgIpc) is 3.24. The number of nitrogens with zero attached hydrogens (tertiary/aromatic N) is 1. The van der Waals surface area contributed by atoms with E-state index in [9.17, 15) is 19.2 Å². The van der Waals surface area contributed by atoms with Crippen molar-refractivity contribution in [3.8, 4) is 0 Å². The van der Waals surface area contributed by atoms with Gasteiger partial charge in [0.25, 0.3) is 11.8 Å². The Morgan fingerprint density at radius 1 is 1.19 bits per heavy atom. The molecule has 4 N–H and O–H groups in total. The van der Waals surface area contributed by atoms with Crippen LogP contribution >= 0.6 is 0 Å². The highest BCUT2D eigenvalue weighted by atomic mass is 16.2. The molecule has 1 aromatic carbocycles. The Labute approximate surface area is 150 Å². The number of rotatable bonds is 5. The van der Waals surface area contributed by atoms with Crippen LogP contribution in [0.25, 0.3) is 0 Å². The fraction of sp³-hybridized carbons (Fsp3) is 0.444. The van der Waals surface area contributed by atoms with E-state index >= 15 is 0 Å². The standard InChI is InChI=1S/C18H20N4O4/c19-12-6-10(12)8-20-7-9-2-1-3-11-15(9)18(26)22(17(11)25)13-4-5-14(23)21-16(13)24/h1-3,10,12-13,20H,4-8,19H2,(H,21,23,24)/t10-,12+,13?/m0/s1. The summed E-state index contributed by atoms with van der Waals surface area (Å²) < 4.78 is 0. The van der Waals surface area contributed by atoms with Crippen LogP contribution in [-0.4, -0.2) is 47.2 Å². The molecule has 8 nitrogen and oxygen atoms in total. The minimum atomic E-state index is -0.939. The van der Waals surface area contributed by atoms with Crippen molar-refractivity contribution in [1.29, 1.82) is 0 Å². The van der Waals surface area contributed by atoms with Crippen LogP contribution in [0.2, 0.25) is 0 Å². The monoisotopic (exact) mass is 356 g/mol. The maximum Gasteiger partial charge on any atom is 0.262 e. The largest absolute Gasteiger partial charge is 0.327 e. The van der Waals surface area contributed by atoms with Crippen molar-refractivity contribution in [2.45, 2.75) is 37.9 Å². The molecule has 2 aliphatic heterocycles. The summed E-state index contributed by atoms with van der Waals surface area (Å²) in [4.78, 5) is 50.1. The van der Waals surface area contributed by atoms with Gasteiger partial charge in [-0.15, -0.1) is 0 Å². The number of carbonyl (C=O) groups is 4. The van der Waals surface area contributed by atoms with E-state index in [2.05, 4.69) is 10.6 Å². The van der Waals surface area contributed by atoms with Gasteiger partial charge in [0.15, 0.2) is 0 Å². The second kappa shape index (κ2) is 6.30. The number of benzene rings is 1. The van der Waals surface area contributed by atoms with Crippen LogP contribution < -0.4 is 16.4 Å². The summed E-state index contributed by atoms with van der Waals surface area (Å²) in [6.07, 6.45) is 1.27. The molecule has 4 amide bonds. The fourth-order valence-electron chi connectivity index (χ4n) is 3.63. The number of hydrogen-bond donors (Lipinski definition) is 3. The zero-order valence-corrected chi connectivity index (χ0v) is 14.2. The number of fused-ring (bicyclic) bond motifs is 1. The first-order valence-corrected chi connectivity index (χ1v) is 8.77. The predicted molar refractivity (Wildman–Crippen MR) is 90.9 cm³/mol. The second-order valence-electron chi connectivity index (χ2n) is 7.08. The molecular formula is C18H20N4O4. The normalized spacial score (nSPS) is 27.6. The lowest BCUT2D eigenvalue weighted by Gasteiger charge is -2.27. The molecule has 136 valence electrons. The lowest BCUT2D eigenvalue weighted by atomic mass is 10.0. The minimum absolute atomic E-state index is 0.111. The first kappa shape index (κ1) is 16.9. The van der Waals surface area contributed by atoms with E-state index in [1.54, 1.807) is 18.2 Å². The molecule has 4 rings (SSSR count). The van der Waals surface area contributed by atoms with Gasteiger partial charge in [-0.25, -0.2) is 0 Å². The summed E-state index contributed by atoms with van der Waals surface area (Å²) in [5.41, 5.74) is 7.17. The summed E-state index contributed by atoms with van der Waals surface area (Å²) in [6, 6.07) is 4.44. The van der Waals surface area contributed by atoms with Gasteiger partial charge in [-0.1, -0.05) is 12.1 Å². The lowest BCUT2D eigenvalue weighted by Crippen LogP contribution is -2.54. The van der Waals surface area contributed by atoms with Gasteiger partial charge in [-0.05, 0) is 36.9 Å². The van der Waals surface area contributed by atoms with Crippen LogP contribution in [0, 0.1) is 5.92 Å². The quantitative estimate of drug-likeness (QED) is 0.613. The summed E-state index contributed by atoms with van der Waals surface area (Å²) in [5, 5.41) is 5.48. The highest BCUT2D eigenvalue weighted by molar-refractivity contribution is 6.24. The molecule has 1 saturated heterocycles. The van der Waals surface area contributed by atoms with Gasteiger partial charge in [0.2, 0.25) is 11.8 Å². The number of carbonyl (C=O) groups excluding carboxylic acids is 4. The van der Waals surface area contributed by atoms with Crippen LogP contribution in [0.5, 0.6) is 0 Å². The van der Waals surface area contributed by atoms with E-state index in [4.69, 9.17) is 5.73 Å². The Morgan fingerprint density at radius 2 is 1.96 bits per heavy atom. The van der Waals surface area contributed by atoms with Gasteiger partial charge in [-0.3, -0.25) is 29.4 Å². The van der Waals surface area contributed by atoms with Gasteiger partial charge in [0.1, 0.15) is 6.04 Å². The number of imide groups is 2. The van der Waals surface area contributed by atoms with Crippen LogP contribution in [0.15, 0.2) is 18.2 Å². The SMILES string of the molecule is N[C@@H]1C[C@H]1CNCc1cccc2c1C(=O)N(C1CCC(=O)NC1=O)C2=O. The topological polar surface area (TPSA) is 122 Å². The first-order chi connectivity index (χ1) is 12.5. The minimum Gasteiger partial charge on any atom is -0.327 e. The number of piperidine rings is 1. The Balaban J connectivity index is 1.54. The number of nitrogens with two attached hydrogens (primary N) is 1. The van der Waals surface area contributed by atoms with Crippen molar-refractivity contribution in [1.82, 2.24) is 15.5 Å². The van der Waals surface area contributed by atoms with Crippen molar-refractivity contribution in [2.75, 3.05) is 6.54 Å². The van der Waals surface area contributed by atoms with Crippen molar-refractivity contribution >= 4 is 23.6 Å². The zero-order valence-electron chi connectivity index (χ0n) is 14.2. The Bertz CT molecular complexity index is 821. The molecule has 1 unspecified atom stereocenters. The molecule has 0 bridgehead atoms. The van der Waals surface area contributed by atoms with Gasteiger partial charge < -0.3 is 11.1 Å². The number of hydrogen-bond acceptors (Lipinski definition) is 6. The van der Waals surface area contributed by atoms with Crippen LogP contribution in [0.4, 0.5) is 0 Å². The van der Waals surface area contributed by atoms with Crippen LogP contribution in [0.1, 0.15) is 45.5 Å². The van der Waals surface area contributed by atoms with Crippen LogP contribution in [0.3, 0.4) is 0 Å². The van der Waals surface area contributed by atoms with Crippen molar-refractivity contribution in [3.63, 3.8) is 0 Å². The van der Waals surface area contributed by atoms with E-state index in [0.717, 1.165) is 23.4 Å². The van der Waals surface area contributed by atoms with Crippen molar-refractivity contribution < 1.29 is 19.2 Å². The van der Waals surface area contributed by atoms with Gasteiger partial charge in [0.05, 0.1) is 11.1 Å². The molecule has 3 aliphatic rings. The predicted octanol–water partition coefficient (Wildman–Crippen LogP) is -0.475. The first-order valence-electron chi connectivity index (χ1n) is 8.77.